The number of hydrogen-bond donors (Lipinski definition) is 2. The van der Waals surface area contributed by atoms with Crippen molar-refractivity contribution in [3.05, 3.63) is 23.8 Å². The van der Waals surface area contributed by atoms with E-state index in [4.69, 9.17) is 29.4 Å². The number of anilines is 1. The Morgan fingerprint density at radius 3 is 2.43 bits per heavy atom. The summed E-state index contributed by atoms with van der Waals surface area (Å²) in [6.45, 7) is 2.16. The third-order valence-corrected chi connectivity index (χ3v) is 3.96. The average Bonchev–Trinajstić information content (AvgIpc) is 2.64. The molecule has 1 aliphatic heterocycles. The zero-order valence-corrected chi connectivity index (χ0v) is 15.7. The van der Waals surface area contributed by atoms with Gasteiger partial charge in [0.05, 0.1) is 19.4 Å². The molecule has 154 valence electrons. The molecule has 1 fully saturated rings. The van der Waals surface area contributed by atoms with Gasteiger partial charge in [-0.25, -0.2) is 4.79 Å². The van der Waals surface area contributed by atoms with E-state index < -0.39 is 42.5 Å². The molecule has 10 nitrogen and oxygen atoms in total. The lowest BCUT2D eigenvalue weighted by Gasteiger charge is -2.39. The highest BCUT2D eigenvalue weighted by Crippen LogP contribution is 2.31. The highest BCUT2D eigenvalue weighted by atomic mass is 16.7. The van der Waals surface area contributed by atoms with Crippen LogP contribution in [0.5, 0.6) is 5.75 Å². The quantitative estimate of drug-likeness (QED) is 0.390. The zero-order chi connectivity index (χ0) is 20.8. The Morgan fingerprint density at radius 1 is 1.21 bits per heavy atom. The van der Waals surface area contributed by atoms with E-state index >= 15 is 0 Å². The van der Waals surface area contributed by atoms with Crippen LogP contribution < -0.4 is 10.5 Å². The van der Waals surface area contributed by atoms with Gasteiger partial charge in [-0.1, -0.05) is 6.07 Å². The van der Waals surface area contributed by atoms with E-state index in [1.165, 1.54) is 33.1 Å². The highest BCUT2D eigenvalue weighted by molar-refractivity contribution is 5.75. The number of nitrogen functional groups attached to an aromatic ring is 1. The molecule has 1 aromatic carbocycles. The van der Waals surface area contributed by atoms with E-state index in [0.717, 1.165) is 0 Å². The standard InChI is InChI=1S/C18H23NO9/c1-9(21)25-14-7-15(17(23)24-3)28-18(16(14)26-10(2)22)27-13-5-4-11(8-20)6-12(13)19/h4-6,14-16,18,20H,7-8,19H2,1-3H3/t14-,15+,16-,18-/m0/s1. The highest BCUT2D eigenvalue weighted by Gasteiger charge is 2.47. The molecule has 3 N–H and O–H groups in total. The van der Waals surface area contributed by atoms with Crippen molar-refractivity contribution in [2.24, 2.45) is 0 Å². The van der Waals surface area contributed by atoms with Crippen LogP contribution in [0, 0.1) is 0 Å². The summed E-state index contributed by atoms with van der Waals surface area (Å²) >= 11 is 0. The maximum Gasteiger partial charge on any atom is 0.335 e. The monoisotopic (exact) mass is 397 g/mol. The molecule has 28 heavy (non-hydrogen) atoms. The second kappa shape index (κ2) is 9.38. The van der Waals surface area contributed by atoms with Crippen LogP contribution in [-0.2, 0) is 39.9 Å². The third kappa shape index (κ3) is 5.33. The number of aliphatic hydroxyl groups is 1. The van der Waals surface area contributed by atoms with Gasteiger partial charge in [-0.05, 0) is 17.7 Å². The smallest absolute Gasteiger partial charge is 0.335 e. The summed E-state index contributed by atoms with van der Waals surface area (Å²) in [6, 6.07) is 4.58. The molecule has 1 aliphatic rings. The van der Waals surface area contributed by atoms with Crippen LogP contribution in [0.3, 0.4) is 0 Å². The largest absolute Gasteiger partial charge is 0.467 e. The molecule has 1 aromatic rings. The van der Waals surface area contributed by atoms with Gasteiger partial charge in [-0.3, -0.25) is 9.59 Å². The summed E-state index contributed by atoms with van der Waals surface area (Å²) in [6.07, 6.45) is -4.62. The molecule has 0 amide bonds. The first-order chi connectivity index (χ1) is 13.2. The van der Waals surface area contributed by atoms with Crippen LogP contribution in [0.25, 0.3) is 0 Å². The maximum atomic E-state index is 12.0. The summed E-state index contributed by atoms with van der Waals surface area (Å²) in [5, 5.41) is 9.18. The Balaban J connectivity index is 2.34. The molecule has 4 atom stereocenters. The molecule has 0 radical (unpaired) electrons. The molecule has 0 saturated carbocycles. The summed E-state index contributed by atoms with van der Waals surface area (Å²) < 4.78 is 26.5. The predicted molar refractivity (Wildman–Crippen MR) is 93.8 cm³/mol. The summed E-state index contributed by atoms with van der Waals surface area (Å²) in [4.78, 5) is 35.0. The van der Waals surface area contributed by atoms with Gasteiger partial charge in [0.25, 0.3) is 0 Å². The Bertz CT molecular complexity index is 736. The minimum absolute atomic E-state index is 0.0804. The van der Waals surface area contributed by atoms with E-state index in [-0.39, 0.29) is 24.5 Å². The number of esters is 3. The first-order valence-corrected chi connectivity index (χ1v) is 8.48. The first-order valence-electron chi connectivity index (χ1n) is 8.48. The van der Waals surface area contributed by atoms with Crippen LogP contribution in [0.4, 0.5) is 5.69 Å². The maximum absolute atomic E-state index is 12.0. The number of hydrogen-bond acceptors (Lipinski definition) is 10. The van der Waals surface area contributed by atoms with E-state index in [1.54, 1.807) is 6.07 Å². The summed E-state index contributed by atoms with van der Waals surface area (Å²) in [7, 11) is 1.19. The van der Waals surface area contributed by atoms with Gasteiger partial charge in [0, 0.05) is 20.3 Å². The number of aliphatic hydroxyl groups excluding tert-OH is 1. The van der Waals surface area contributed by atoms with Gasteiger partial charge in [-0.2, -0.15) is 0 Å². The molecule has 1 saturated heterocycles. The number of rotatable bonds is 6. The van der Waals surface area contributed by atoms with Gasteiger partial charge in [0.15, 0.2) is 6.10 Å². The number of methoxy groups -OCH3 is 1. The molecular weight excluding hydrogens is 374 g/mol. The molecule has 10 heteroatoms. The van der Waals surface area contributed by atoms with Gasteiger partial charge >= 0.3 is 17.9 Å². The molecule has 0 aliphatic carbocycles. The zero-order valence-electron chi connectivity index (χ0n) is 15.7. The fourth-order valence-corrected chi connectivity index (χ4v) is 2.77. The van der Waals surface area contributed by atoms with Crippen molar-refractivity contribution in [1.82, 2.24) is 0 Å². The summed E-state index contributed by atoms with van der Waals surface area (Å²) in [5.41, 5.74) is 6.68. The van der Waals surface area contributed by atoms with E-state index in [9.17, 15) is 19.5 Å². The van der Waals surface area contributed by atoms with Gasteiger partial charge < -0.3 is 34.5 Å². The normalized spacial score (nSPS) is 24.1. The van der Waals surface area contributed by atoms with Crippen LogP contribution in [-0.4, -0.2) is 54.7 Å². The first kappa shape index (κ1) is 21.5. The molecule has 0 unspecified atom stereocenters. The molecule has 0 bridgehead atoms. The van der Waals surface area contributed by atoms with Crippen molar-refractivity contribution in [2.75, 3.05) is 12.8 Å². The third-order valence-electron chi connectivity index (χ3n) is 3.96. The van der Waals surface area contributed by atoms with Crippen molar-refractivity contribution >= 4 is 23.6 Å². The molecule has 0 aromatic heterocycles. The average molecular weight is 397 g/mol. The Hall–Kier alpha value is -2.85. The lowest BCUT2D eigenvalue weighted by atomic mass is 10.0. The minimum atomic E-state index is -1.30. The molecule has 2 rings (SSSR count). The van der Waals surface area contributed by atoms with Gasteiger partial charge in [0.2, 0.25) is 12.4 Å². The number of carbonyl (C=O) groups is 3. The number of benzene rings is 1. The van der Waals surface area contributed by atoms with Crippen LogP contribution in [0.15, 0.2) is 18.2 Å². The fraction of sp³-hybridized carbons (Fsp3) is 0.500. The van der Waals surface area contributed by atoms with Crippen molar-refractivity contribution < 1.29 is 43.2 Å². The Morgan fingerprint density at radius 2 is 1.89 bits per heavy atom. The number of nitrogens with two attached hydrogens (primary N) is 1. The topological polar surface area (TPSA) is 144 Å². The fourth-order valence-electron chi connectivity index (χ4n) is 2.77. The second-order valence-electron chi connectivity index (χ2n) is 6.12. The van der Waals surface area contributed by atoms with Crippen molar-refractivity contribution in [3.8, 4) is 5.75 Å². The number of carbonyl (C=O) groups excluding carboxylic acids is 3. The van der Waals surface area contributed by atoms with Crippen molar-refractivity contribution in [3.63, 3.8) is 0 Å². The lowest BCUT2D eigenvalue weighted by Crippen LogP contribution is -2.55. The van der Waals surface area contributed by atoms with Gasteiger partial charge in [0.1, 0.15) is 11.9 Å². The van der Waals surface area contributed by atoms with Gasteiger partial charge in [-0.15, -0.1) is 0 Å². The molecule has 1 heterocycles. The summed E-state index contributed by atoms with van der Waals surface area (Å²) in [5.74, 6) is -1.81. The molecular formula is C18H23NO9. The molecule has 0 spiro atoms. The Kier molecular flexibility index (Phi) is 7.18. The van der Waals surface area contributed by atoms with Crippen LogP contribution in [0.2, 0.25) is 0 Å². The minimum Gasteiger partial charge on any atom is -0.467 e. The SMILES string of the molecule is COC(=O)[C@H]1C[C@H](OC(C)=O)[C@H](OC(C)=O)[C@@H](Oc2ccc(CO)cc2N)O1. The van der Waals surface area contributed by atoms with Crippen LogP contribution in [0.1, 0.15) is 25.8 Å². The Labute approximate surface area is 161 Å². The van der Waals surface area contributed by atoms with Crippen molar-refractivity contribution in [2.45, 2.75) is 51.5 Å². The lowest BCUT2D eigenvalue weighted by molar-refractivity contribution is -0.251. The van der Waals surface area contributed by atoms with Crippen molar-refractivity contribution in [1.29, 1.82) is 0 Å². The van der Waals surface area contributed by atoms with E-state index in [2.05, 4.69) is 0 Å². The van der Waals surface area contributed by atoms with E-state index in [0.29, 0.717) is 5.56 Å². The van der Waals surface area contributed by atoms with E-state index in [1.807, 2.05) is 0 Å². The van der Waals surface area contributed by atoms with Crippen LogP contribution >= 0.6 is 0 Å². The number of ether oxygens (including phenoxy) is 5. The second-order valence-corrected chi connectivity index (χ2v) is 6.12. The predicted octanol–water partition coefficient (Wildman–Crippen LogP) is 0.291.